The summed E-state index contributed by atoms with van der Waals surface area (Å²) in [4.78, 5) is 30.0. The van der Waals surface area contributed by atoms with Crippen molar-refractivity contribution < 1.29 is 40.6 Å². The van der Waals surface area contributed by atoms with Crippen molar-refractivity contribution in [3.8, 4) is 5.69 Å². The second kappa shape index (κ2) is 12.9. The molecule has 1 fully saturated rings. The number of halogens is 3. The molecule has 0 bridgehead atoms. The molecule has 1 N–H and O–H groups in total. The number of aliphatic hydroxyl groups is 1. The fourth-order valence-electron chi connectivity index (χ4n) is 4.95. The normalized spacial score (nSPS) is 16.8. The summed E-state index contributed by atoms with van der Waals surface area (Å²) in [5, 5.41) is 25.4. The van der Waals surface area contributed by atoms with E-state index in [0.717, 1.165) is 11.8 Å². The van der Waals surface area contributed by atoms with E-state index in [2.05, 4.69) is 21.8 Å². The molecule has 2 amide bonds. The minimum atomic E-state index is -2.00. The third-order valence-electron chi connectivity index (χ3n) is 7.36. The quantitative estimate of drug-likeness (QED) is 0.242. The average Bonchev–Trinajstić information content (AvgIpc) is 3.73. The van der Waals surface area contributed by atoms with Crippen molar-refractivity contribution in [2.75, 3.05) is 37.9 Å². The molecule has 0 radical (unpaired) electrons. The minimum absolute atomic E-state index is 0. The first-order valence-corrected chi connectivity index (χ1v) is 13.4. The van der Waals surface area contributed by atoms with E-state index in [1.165, 1.54) is 20.9 Å². The highest BCUT2D eigenvalue weighted by Gasteiger charge is 2.48. The van der Waals surface area contributed by atoms with Gasteiger partial charge < -0.3 is 27.2 Å². The number of hydrogen-bond acceptors (Lipinski definition) is 9. The summed E-state index contributed by atoms with van der Waals surface area (Å²) < 4.78 is 35.8. The maximum atomic E-state index is 15.2. The lowest BCUT2D eigenvalue weighted by Crippen LogP contribution is -3.00. The molecule has 2 aliphatic heterocycles. The van der Waals surface area contributed by atoms with Crippen LogP contribution in [0, 0.1) is 17.6 Å². The van der Waals surface area contributed by atoms with Gasteiger partial charge in [-0.15, -0.1) is 5.10 Å². The Balaban J connectivity index is 0.00000423. The fourth-order valence-corrected chi connectivity index (χ4v) is 4.95. The summed E-state index contributed by atoms with van der Waals surface area (Å²) in [6.07, 6.45) is 5.97. The zero-order chi connectivity index (χ0) is 30.0. The van der Waals surface area contributed by atoms with E-state index in [0.29, 0.717) is 18.3 Å². The molecule has 12 nitrogen and oxygen atoms in total. The molecule has 2 aromatic carbocycles. The molecular formula is C28H31ClF2N8O4. The van der Waals surface area contributed by atoms with Crippen LogP contribution in [0.3, 0.4) is 0 Å². The average molecular weight is 617 g/mol. The van der Waals surface area contributed by atoms with E-state index in [1.807, 2.05) is 0 Å². The van der Waals surface area contributed by atoms with Crippen LogP contribution in [0.25, 0.3) is 5.69 Å². The Hall–Kier alpha value is -4.39. The molecule has 0 aliphatic carbocycles. The number of benzene rings is 2. The fraction of sp³-hybridized carbons (Fsp3) is 0.393. The van der Waals surface area contributed by atoms with Crippen LogP contribution in [-0.2, 0) is 15.1 Å². The molecule has 228 valence electrons. The molecule has 3 aromatic rings. The number of ether oxygens (including phenoxy) is 1. The summed E-state index contributed by atoms with van der Waals surface area (Å²) >= 11 is 0. The Morgan fingerprint density at radius 3 is 2.49 bits per heavy atom. The van der Waals surface area contributed by atoms with E-state index >= 15 is 4.39 Å². The summed E-state index contributed by atoms with van der Waals surface area (Å²) in [7, 11) is 0. The lowest BCUT2D eigenvalue weighted by molar-refractivity contribution is -0.151. The number of rotatable bonds is 10. The summed E-state index contributed by atoms with van der Waals surface area (Å²) in [5.74, 6) is -2.45. The van der Waals surface area contributed by atoms with Gasteiger partial charge in [0.25, 0.3) is 0 Å². The molecule has 5 rings (SSSR count). The van der Waals surface area contributed by atoms with Crippen LogP contribution in [0.4, 0.5) is 19.3 Å². The molecule has 2 aliphatic rings. The smallest absolute Gasteiger partial charge is 0.547 e. The molecule has 15 heteroatoms. The highest BCUT2D eigenvalue weighted by Crippen LogP contribution is 2.35. The number of aromatic nitrogens is 3. The Bertz CT molecular complexity index is 1460. The number of urea groups is 1. The van der Waals surface area contributed by atoms with Crippen LogP contribution in [0.5, 0.6) is 0 Å². The maximum absolute atomic E-state index is 15.2. The first-order chi connectivity index (χ1) is 20.1. The van der Waals surface area contributed by atoms with E-state index in [9.17, 15) is 19.1 Å². The van der Waals surface area contributed by atoms with Crippen molar-refractivity contribution >= 4 is 24.0 Å². The summed E-state index contributed by atoms with van der Waals surface area (Å²) in [6.45, 7) is 5.35. The highest BCUT2D eigenvalue weighted by molar-refractivity contribution is 5.94. The van der Waals surface area contributed by atoms with Crippen molar-refractivity contribution in [2.24, 2.45) is 11.0 Å². The Morgan fingerprint density at radius 2 is 1.84 bits per heavy atom. The second-order valence-corrected chi connectivity index (χ2v) is 10.5. The topological polar surface area (TPSA) is 120 Å². The number of hydrogen-bond donors (Lipinski definition) is 1. The number of hydrazone groups is 1. The molecule has 0 spiro atoms. The Labute approximate surface area is 253 Å². The van der Waals surface area contributed by atoms with Crippen molar-refractivity contribution in [3.05, 3.63) is 72.1 Å². The van der Waals surface area contributed by atoms with Gasteiger partial charge in [-0.3, -0.25) is 9.69 Å². The van der Waals surface area contributed by atoms with E-state index in [1.54, 1.807) is 67.0 Å². The molecular weight excluding hydrogens is 586 g/mol. The van der Waals surface area contributed by atoms with E-state index in [-0.39, 0.29) is 62.4 Å². The third-order valence-corrected chi connectivity index (χ3v) is 7.36. The van der Waals surface area contributed by atoms with Gasteiger partial charge in [-0.2, -0.15) is 0 Å². The van der Waals surface area contributed by atoms with E-state index in [4.69, 9.17) is 4.74 Å². The predicted octanol–water partition coefficient (Wildman–Crippen LogP) is -0.380. The number of nitrogens with zero attached hydrogens (tertiary/aromatic N) is 8. The van der Waals surface area contributed by atoms with Gasteiger partial charge in [-0.1, -0.05) is 30.0 Å². The van der Waals surface area contributed by atoms with Crippen LogP contribution < -0.4 is 17.3 Å². The van der Waals surface area contributed by atoms with Crippen LogP contribution in [0.1, 0.15) is 26.3 Å². The Morgan fingerprint density at radius 1 is 1.12 bits per heavy atom. The van der Waals surface area contributed by atoms with Crippen LogP contribution in [0.2, 0.25) is 0 Å². The predicted molar refractivity (Wildman–Crippen MR) is 147 cm³/mol. The van der Waals surface area contributed by atoms with E-state index < -0.39 is 23.3 Å². The standard InChI is InChI=1S/C28H31F2N8O4.ClH/c1-19(2)26(39)42-18-34-16-32-35(17-34)15-28(41,24-9-4-21(29)14-25(24)30)20(3)36-12-13-37(27(36)40)22-5-7-23(8-6-22)38-11-10-31-33-38;/h4-11,14,19-20,41H,12-13,15,17-18H2,1-3H3;1H/q+1;/p-1/t20-,28+;/m1./s1. The van der Waals surface area contributed by atoms with Crippen molar-refractivity contribution in [2.45, 2.75) is 32.4 Å². The van der Waals surface area contributed by atoms with Gasteiger partial charge in [0.1, 0.15) is 22.3 Å². The van der Waals surface area contributed by atoms with Crippen molar-refractivity contribution in [1.82, 2.24) is 29.8 Å². The molecule has 1 aromatic heterocycles. The summed E-state index contributed by atoms with van der Waals surface area (Å²) in [5.41, 5.74) is -0.777. The van der Waals surface area contributed by atoms with Gasteiger partial charge in [-0.05, 0) is 37.3 Å². The van der Waals surface area contributed by atoms with Gasteiger partial charge in [0.2, 0.25) is 6.73 Å². The summed E-state index contributed by atoms with van der Waals surface area (Å²) in [6, 6.07) is 8.77. The largest absolute Gasteiger partial charge is 1.00 e. The van der Waals surface area contributed by atoms with Crippen LogP contribution in [-0.4, -0.2) is 92.3 Å². The lowest BCUT2D eigenvalue weighted by atomic mass is 9.85. The third kappa shape index (κ3) is 6.51. The minimum Gasteiger partial charge on any atom is -1.00 e. The highest BCUT2D eigenvalue weighted by atomic mass is 35.5. The molecule has 43 heavy (non-hydrogen) atoms. The number of amides is 2. The number of carbonyl (C=O) groups excluding carboxylic acids is 2. The SMILES string of the molecule is CC(C)C(=O)OCN1[C+]=NN(C[C@@](O)(c2ccc(F)cc2F)[C@@H](C)N2CCN(c3ccc(-n4ccnn4)cc3)C2=O)C1.[Cl-]. The van der Waals surface area contributed by atoms with Gasteiger partial charge >= 0.3 is 18.3 Å². The zero-order valence-electron chi connectivity index (χ0n) is 23.8. The number of esters is 1. The van der Waals surface area contributed by atoms with Gasteiger partial charge in [0, 0.05) is 30.4 Å². The van der Waals surface area contributed by atoms with Gasteiger partial charge in [0.05, 0.1) is 36.6 Å². The molecule has 0 saturated carbocycles. The Kier molecular flexibility index (Phi) is 9.43. The maximum Gasteiger partial charge on any atom is 0.547 e. The zero-order valence-corrected chi connectivity index (χ0v) is 24.5. The monoisotopic (exact) mass is 616 g/mol. The first-order valence-electron chi connectivity index (χ1n) is 13.4. The van der Waals surface area contributed by atoms with Crippen molar-refractivity contribution in [3.63, 3.8) is 0 Å². The molecule has 2 atom stereocenters. The molecule has 0 unspecified atom stereocenters. The number of β-amino-alcohol motifs (C(OH)–C–C–N with tert-alkyl or cyclic N) is 1. The molecule has 3 heterocycles. The lowest BCUT2D eigenvalue weighted by Gasteiger charge is -2.40. The molecule has 1 saturated heterocycles. The van der Waals surface area contributed by atoms with Gasteiger partial charge in [-0.25, -0.2) is 23.3 Å². The number of anilines is 1. The van der Waals surface area contributed by atoms with Crippen LogP contribution >= 0.6 is 0 Å². The second-order valence-electron chi connectivity index (χ2n) is 10.5. The first kappa shape index (κ1) is 31.5. The number of carbonyl (C=O) groups is 2. The van der Waals surface area contributed by atoms with Crippen molar-refractivity contribution in [1.29, 1.82) is 0 Å². The van der Waals surface area contributed by atoms with Crippen LogP contribution in [0.15, 0.2) is 60.0 Å². The van der Waals surface area contributed by atoms with Gasteiger partial charge in [0.15, 0.2) is 6.67 Å².